The first-order valence-electron chi connectivity index (χ1n) is 9.57. The predicted octanol–water partition coefficient (Wildman–Crippen LogP) is 3.94. The van der Waals surface area contributed by atoms with Crippen molar-refractivity contribution < 1.29 is 24.5 Å². The van der Waals surface area contributed by atoms with Crippen LogP contribution >= 0.6 is 0 Å². The van der Waals surface area contributed by atoms with Gasteiger partial charge < -0.3 is 24.5 Å². The second-order valence-electron chi connectivity index (χ2n) is 8.37. The lowest BCUT2D eigenvalue weighted by atomic mass is 9.94. The van der Waals surface area contributed by atoms with Crippen LogP contribution < -0.4 is 10.2 Å². The quantitative estimate of drug-likeness (QED) is 0.458. The van der Waals surface area contributed by atoms with Gasteiger partial charge in [0.1, 0.15) is 28.6 Å². The summed E-state index contributed by atoms with van der Waals surface area (Å²) >= 11 is 0. The largest absolute Gasteiger partial charge is 0.507 e. The number of para-hydroxylation sites is 1. The molecule has 6 heteroatoms. The SMILES string of the molecule is CC(C)=CCc1c2c(c(O)c3c(=O)c4cccc(O)c4oc13)C[C@H](C(C)(C)O)O2. The summed E-state index contributed by atoms with van der Waals surface area (Å²) in [6, 6.07) is 4.56. The van der Waals surface area contributed by atoms with E-state index in [1.54, 1.807) is 26.0 Å². The van der Waals surface area contributed by atoms with Crippen LogP contribution in [0.15, 0.2) is 39.1 Å². The maximum Gasteiger partial charge on any atom is 0.204 e. The van der Waals surface area contributed by atoms with Crippen molar-refractivity contribution in [2.75, 3.05) is 0 Å². The first-order chi connectivity index (χ1) is 13.6. The third-order valence-corrected chi connectivity index (χ3v) is 5.39. The number of hydrogen-bond acceptors (Lipinski definition) is 6. The summed E-state index contributed by atoms with van der Waals surface area (Å²) in [7, 11) is 0. The van der Waals surface area contributed by atoms with E-state index in [1.165, 1.54) is 6.07 Å². The molecule has 0 radical (unpaired) electrons. The van der Waals surface area contributed by atoms with Crippen molar-refractivity contribution in [1.29, 1.82) is 0 Å². The van der Waals surface area contributed by atoms with Crippen molar-refractivity contribution in [3.05, 3.63) is 51.2 Å². The first-order valence-corrected chi connectivity index (χ1v) is 9.57. The number of allylic oxidation sites excluding steroid dienone is 2. The van der Waals surface area contributed by atoms with Gasteiger partial charge in [0.15, 0.2) is 11.3 Å². The van der Waals surface area contributed by atoms with Gasteiger partial charge in [-0.1, -0.05) is 17.7 Å². The van der Waals surface area contributed by atoms with Crippen LogP contribution in [-0.2, 0) is 12.8 Å². The third kappa shape index (κ3) is 3.04. The van der Waals surface area contributed by atoms with E-state index in [4.69, 9.17) is 9.15 Å². The molecular formula is C23H24O6. The molecule has 0 saturated carbocycles. The monoisotopic (exact) mass is 396 g/mol. The van der Waals surface area contributed by atoms with Gasteiger partial charge in [-0.2, -0.15) is 0 Å². The zero-order chi connectivity index (χ0) is 21.1. The van der Waals surface area contributed by atoms with Gasteiger partial charge in [-0.05, 0) is 46.2 Å². The molecule has 1 aliphatic rings. The van der Waals surface area contributed by atoms with Crippen LogP contribution in [0.3, 0.4) is 0 Å². The molecule has 29 heavy (non-hydrogen) atoms. The molecule has 0 aliphatic carbocycles. The van der Waals surface area contributed by atoms with Crippen molar-refractivity contribution in [1.82, 2.24) is 0 Å². The van der Waals surface area contributed by atoms with Crippen molar-refractivity contribution in [3.63, 3.8) is 0 Å². The van der Waals surface area contributed by atoms with Crippen LogP contribution in [0, 0.1) is 0 Å². The van der Waals surface area contributed by atoms with E-state index in [9.17, 15) is 20.1 Å². The highest BCUT2D eigenvalue weighted by Crippen LogP contribution is 2.46. The summed E-state index contributed by atoms with van der Waals surface area (Å²) in [4.78, 5) is 13.2. The molecule has 1 aliphatic heterocycles. The molecule has 1 aromatic heterocycles. The minimum atomic E-state index is -1.13. The highest BCUT2D eigenvalue weighted by atomic mass is 16.5. The topological polar surface area (TPSA) is 100 Å². The lowest BCUT2D eigenvalue weighted by Gasteiger charge is -2.24. The number of phenols is 2. The van der Waals surface area contributed by atoms with E-state index in [2.05, 4.69) is 0 Å². The zero-order valence-corrected chi connectivity index (χ0v) is 16.9. The molecule has 0 amide bonds. The summed E-state index contributed by atoms with van der Waals surface area (Å²) < 4.78 is 12.0. The zero-order valence-electron chi connectivity index (χ0n) is 16.9. The van der Waals surface area contributed by atoms with Gasteiger partial charge in [0.05, 0.1) is 11.0 Å². The Labute approximate surface area is 167 Å². The van der Waals surface area contributed by atoms with E-state index in [0.29, 0.717) is 23.3 Å². The van der Waals surface area contributed by atoms with Gasteiger partial charge in [0.2, 0.25) is 5.43 Å². The number of rotatable bonds is 3. The molecule has 2 heterocycles. The summed E-state index contributed by atoms with van der Waals surface area (Å²) in [5.41, 5.74) is 0.891. The van der Waals surface area contributed by atoms with Gasteiger partial charge in [0.25, 0.3) is 0 Å². The molecule has 6 nitrogen and oxygen atoms in total. The maximum atomic E-state index is 13.2. The smallest absolute Gasteiger partial charge is 0.204 e. The number of aliphatic hydroxyl groups is 1. The summed E-state index contributed by atoms with van der Waals surface area (Å²) in [5.74, 6) is 0.0872. The Balaban J connectivity index is 2.12. The van der Waals surface area contributed by atoms with Crippen LogP contribution in [0.25, 0.3) is 21.9 Å². The average molecular weight is 396 g/mol. The van der Waals surface area contributed by atoms with Gasteiger partial charge >= 0.3 is 0 Å². The normalized spacial score (nSPS) is 16.1. The molecule has 0 spiro atoms. The second kappa shape index (κ2) is 6.52. The molecular weight excluding hydrogens is 372 g/mol. The number of aromatic hydroxyl groups is 2. The van der Waals surface area contributed by atoms with E-state index in [1.807, 2.05) is 19.9 Å². The molecule has 0 bridgehead atoms. The predicted molar refractivity (Wildman–Crippen MR) is 111 cm³/mol. The number of hydrogen-bond donors (Lipinski definition) is 3. The Kier molecular flexibility index (Phi) is 4.35. The fourth-order valence-electron chi connectivity index (χ4n) is 3.76. The molecule has 3 aromatic rings. The molecule has 4 rings (SSSR count). The number of fused-ring (bicyclic) bond motifs is 3. The van der Waals surface area contributed by atoms with Gasteiger partial charge in [-0.25, -0.2) is 0 Å². The number of phenolic OH excluding ortho intramolecular Hbond substituents is 2. The highest BCUT2D eigenvalue weighted by Gasteiger charge is 2.39. The Morgan fingerprint density at radius 1 is 1.24 bits per heavy atom. The van der Waals surface area contributed by atoms with Crippen LogP contribution in [0.4, 0.5) is 0 Å². The second-order valence-corrected chi connectivity index (χ2v) is 8.37. The van der Waals surface area contributed by atoms with Crippen LogP contribution in [0.5, 0.6) is 17.2 Å². The fourth-order valence-corrected chi connectivity index (χ4v) is 3.76. The fraction of sp³-hybridized carbons (Fsp3) is 0.348. The molecule has 2 aromatic carbocycles. The van der Waals surface area contributed by atoms with Gasteiger partial charge in [0, 0.05) is 17.5 Å². The Hall–Kier alpha value is -2.99. The lowest BCUT2D eigenvalue weighted by molar-refractivity contribution is -0.0232. The molecule has 1 atom stereocenters. The van der Waals surface area contributed by atoms with E-state index in [0.717, 1.165) is 5.57 Å². The Morgan fingerprint density at radius 3 is 2.62 bits per heavy atom. The first kappa shape index (κ1) is 19.3. The minimum Gasteiger partial charge on any atom is -0.507 e. The van der Waals surface area contributed by atoms with E-state index >= 15 is 0 Å². The lowest BCUT2D eigenvalue weighted by Crippen LogP contribution is -2.39. The Bertz CT molecular complexity index is 1220. The van der Waals surface area contributed by atoms with Crippen LogP contribution in [0.1, 0.15) is 38.8 Å². The van der Waals surface area contributed by atoms with Crippen molar-refractivity contribution in [3.8, 4) is 17.2 Å². The number of benzene rings is 2. The van der Waals surface area contributed by atoms with Crippen molar-refractivity contribution >= 4 is 21.9 Å². The van der Waals surface area contributed by atoms with E-state index in [-0.39, 0.29) is 39.9 Å². The average Bonchev–Trinajstić information content (AvgIpc) is 3.08. The summed E-state index contributed by atoms with van der Waals surface area (Å²) in [6.07, 6.45) is 2.10. The third-order valence-electron chi connectivity index (χ3n) is 5.39. The van der Waals surface area contributed by atoms with Gasteiger partial charge in [-0.3, -0.25) is 4.79 Å². The molecule has 0 unspecified atom stereocenters. The van der Waals surface area contributed by atoms with E-state index < -0.39 is 17.1 Å². The standard InChI is InChI=1S/C23H24O6/c1-11(2)8-9-13-20-14(10-16(28-20)23(3,4)27)19(26)17-18(25)12-6-5-7-15(24)21(12)29-22(13)17/h5-8,16,24,26-27H,9-10H2,1-4H3/t16-/m1/s1. The number of ether oxygens (including phenoxy) is 1. The van der Waals surface area contributed by atoms with Crippen LogP contribution in [-0.4, -0.2) is 27.0 Å². The van der Waals surface area contributed by atoms with Crippen molar-refractivity contribution in [2.24, 2.45) is 0 Å². The Morgan fingerprint density at radius 2 is 1.97 bits per heavy atom. The van der Waals surface area contributed by atoms with Crippen molar-refractivity contribution in [2.45, 2.75) is 52.2 Å². The molecule has 0 saturated heterocycles. The molecule has 0 fully saturated rings. The molecule has 152 valence electrons. The summed E-state index contributed by atoms with van der Waals surface area (Å²) in [6.45, 7) is 7.21. The maximum absolute atomic E-state index is 13.2. The van der Waals surface area contributed by atoms with Gasteiger partial charge in [-0.15, -0.1) is 0 Å². The highest BCUT2D eigenvalue weighted by molar-refractivity contribution is 5.98. The van der Waals surface area contributed by atoms with Crippen LogP contribution in [0.2, 0.25) is 0 Å². The summed E-state index contributed by atoms with van der Waals surface area (Å²) in [5, 5.41) is 31.9. The minimum absolute atomic E-state index is 0.0685. The molecule has 3 N–H and O–H groups in total.